The molecule has 7 nitrogen and oxygen atoms in total. The average Bonchev–Trinajstić information content (AvgIpc) is 3.30. The van der Waals surface area contributed by atoms with Gasteiger partial charge in [-0.05, 0) is 61.8 Å². The third-order valence-corrected chi connectivity index (χ3v) is 7.51. The number of fused-ring (bicyclic) bond motifs is 2. The van der Waals surface area contributed by atoms with Crippen LogP contribution in [0.3, 0.4) is 0 Å². The highest BCUT2D eigenvalue weighted by Gasteiger charge is 2.41. The summed E-state index contributed by atoms with van der Waals surface area (Å²) < 4.78 is 53.5. The molecule has 0 bridgehead atoms. The molecule has 0 N–H and O–H groups in total. The van der Waals surface area contributed by atoms with Crippen LogP contribution in [-0.2, 0) is 6.18 Å². The lowest BCUT2D eigenvalue weighted by atomic mass is 9.73. The number of alkyl halides is 3. The fraction of sp³-hybridized carbons (Fsp3) is 0.500. The molecule has 2 aliphatic rings. The Morgan fingerprint density at radius 2 is 1.78 bits per heavy atom. The van der Waals surface area contributed by atoms with Gasteiger partial charge >= 0.3 is 6.18 Å². The number of aromatic nitrogens is 3. The van der Waals surface area contributed by atoms with Gasteiger partial charge in [0.2, 0.25) is 0 Å². The summed E-state index contributed by atoms with van der Waals surface area (Å²) in [6, 6.07) is 7.19. The Morgan fingerprint density at radius 1 is 1.03 bits per heavy atom. The Labute approximate surface area is 207 Å². The number of amides is 1. The molecule has 0 radical (unpaired) electrons. The first-order valence-corrected chi connectivity index (χ1v) is 12.2. The Balaban J connectivity index is 1.57. The topological polar surface area (TPSA) is 69.0 Å². The molecule has 192 valence electrons. The molecule has 2 fully saturated rings. The molecule has 1 saturated heterocycles. The van der Waals surface area contributed by atoms with Crippen LogP contribution in [0.1, 0.15) is 55.2 Å². The molecule has 0 spiro atoms. The maximum absolute atomic E-state index is 14.1. The van der Waals surface area contributed by atoms with Crippen LogP contribution >= 0.6 is 0 Å². The Morgan fingerprint density at radius 3 is 2.50 bits per heavy atom. The third-order valence-electron chi connectivity index (χ3n) is 7.51. The van der Waals surface area contributed by atoms with E-state index in [1.165, 1.54) is 20.3 Å². The molecule has 2 aromatic heterocycles. The zero-order chi connectivity index (χ0) is 25.6. The number of methoxy groups -OCH3 is 2. The average molecular weight is 503 g/mol. The van der Waals surface area contributed by atoms with Crippen molar-refractivity contribution in [1.29, 1.82) is 0 Å². The fourth-order valence-electron chi connectivity index (χ4n) is 5.87. The van der Waals surface area contributed by atoms with Crippen molar-refractivity contribution < 1.29 is 27.4 Å². The van der Waals surface area contributed by atoms with Crippen molar-refractivity contribution in [2.24, 2.45) is 11.8 Å². The van der Waals surface area contributed by atoms with Gasteiger partial charge in [0, 0.05) is 24.2 Å². The van der Waals surface area contributed by atoms with Gasteiger partial charge in [-0.3, -0.25) is 4.79 Å². The van der Waals surface area contributed by atoms with Crippen LogP contribution in [0.5, 0.6) is 11.5 Å². The van der Waals surface area contributed by atoms with Crippen molar-refractivity contribution in [3.05, 3.63) is 41.7 Å². The van der Waals surface area contributed by atoms with Gasteiger partial charge in [-0.25, -0.2) is 9.50 Å². The minimum absolute atomic E-state index is 0.0177. The Kier molecular flexibility index (Phi) is 6.30. The van der Waals surface area contributed by atoms with E-state index in [2.05, 4.69) is 17.0 Å². The van der Waals surface area contributed by atoms with Crippen LogP contribution in [-0.4, -0.2) is 52.2 Å². The van der Waals surface area contributed by atoms with Gasteiger partial charge in [-0.15, -0.1) is 0 Å². The van der Waals surface area contributed by atoms with E-state index in [4.69, 9.17) is 9.47 Å². The van der Waals surface area contributed by atoms with Gasteiger partial charge in [-0.1, -0.05) is 13.3 Å². The highest BCUT2D eigenvalue weighted by Crippen LogP contribution is 2.40. The van der Waals surface area contributed by atoms with Crippen LogP contribution in [0, 0.1) is 11.8 Å². The summed E-state index contributed by atoms with van der Waals surface area (Å²) in [5.74, 6) is 1.28. The van der Waals surface area contributed by atoms with Gasteiger partial charge < -0.3 is 14.4 Å². The molecule has 1 amide bonds. The minimum Gasteiger partial charge on any atom is -0.493 e. The second kappa shape index (κ2) is 9.29. The first-order valence-electron chi connectivity index (χ1n) is 12.2. The molecule has 1 saturated carbocycles. The van der Waals surface area contributed by atoms with Crippen LogP contribution in [0.4, 0.5) is 13.2 Å². The summed E-state index contributed by atoms with van der Waals surface area (Å²) in [6.07, 6.45) is 0.549. The van der Waals surface area contributed by atoms with E-state index in [0.717, 1.165) is 42.7 Å². The largest absolute Gasteiger partial charge is 0.493 e. The number of halogens is 3. The Bertz CT molecular complexity index is 1290. The van der Waals surface area contributed by atoms with Crippen LogP contribution < -0.4 is 9.47 Å². The molecule has 1 aliphatic carbocycles. The number of carbonyl (C=O) groups excluding carboxylic acids is 1. The van der Waals surface area contributed by atoms with Gasteiger partial charge in [0.1, 0.15) is 0 Å². The summed E-state index contributed by atoms with van der Waals surface area (Å²) in [5, 5.41) is 4.11. The number of nitrogens with zero attached hydrogens (tertiary/aromatic N) is 4. The summed E-state index contributed by atoms with van der Waals surface area (Å²) in [5.41, 5.74) is -0.545. The number of benzene rings is 1. The highest BCUT2D eigenvalue weighted by atomic mass is 19.4. The summed E-state index contributed by atoms with van der Waals surface area (Å²) >= 11 is 0. The first kappa shape index (κ1) is 24.4. The maximum atomic E-state index is 14.1. The molecule has 3 atom stereocenters. The Hall–Kier alpha value is -3.30. The molecule has 10 heteroatoms. The van der Waals surface area contributed by atoms with Gasteiger partial charge in [0.15, 0.2) is 28.5 Å². The van der Waals surface area contributed by atoms with Gasteiger partial charge in [0.25, 0.3) is 5.91 Å². The standard InChI is InChI=1S/C26H29F3N4O3/c1-15-6-4-7-16-8-5-11-32(24(15)16)25(34)19-14-23-30-18(13-22(26(27,28)29)33(23)31-19)17-9-10-20(35-2)21(12-17)36-3/h9-10,12-16,24H,4-8,11H2,1-3H3/t15-,16+,24+/m1/s1. The molecule has 1 aliphatic heterocycles. The summed E-state index contributed by atoms with van der Waals surface area (Å²) in [7, 11) is 2.93. The lowest BCUT2D eigenvalue weighted by Gasteiger charge is -2.47. The number of likely N-dealkylation sites (tertiary alicyclic amines) is 1. The number of piperidine rings is 1. The van der Waals surface area contributed by atoms with Gasteiger partial charge in [0.05, 0.1) is 19.9 Å². The van der Waals surface area contributed by atoms with Crippen molar-refractivity contribution >= 4 is 11.6 Å². The van der Waals surface area contributed by atoms with Crippen LogP contribution in [0.15, 0.2) is 30.3 Å². The number of carbonyl (C=O) groups is 1. The monoisotopic (exact) mass is 502 g/mol. The molecule has 5 rings (SSSR count). The zero-order valence-corrected chi connectivity index (χ0v) is 20.5. The van der Waals surface area contributed by atoms with E-state index < -0.39 is 11.9 Å². The fourth-order valence-corrected chi connectivity index (χ4v) is 5.87. The van der Waals surface area contributed by atoms with Gasteiger partial charge in [-0.2, -0.15) is 18.3 Å². The third kappa shape index (κ3) is 4.26. The predicted octanol–water partition coefficient (Wildman–Crippen LogP) is 5.47. The number of hydrogen-bond acceptors (Lipinski definition) is 5. The van der Waals surface area contributed by atoms with Crippen molar-refractivity contribution in [2.45, 2.75) is 51.2 Å². The molecular weight excluding hydrogens is 473 g/mol. The predicted molar refractivity (Wildman–Crippen MR) is 127 cm³/mol. The quantitative estimate of drug-likeness (QED) is 0.473. The van der Waals surface area contributed by atoms with Crippen LogP contribution in [0.2, 0.25) is 0 Å². The van der Waals surface area contributed by atoms with Crippen molar-refractivity contribution in [3.8, 4) is 22.8 Å². The second-order valence-electron chi connectivity index (χ2n) is 9.69. The minimum atomic E-state index is -4.70. The zero-order valence-electron chi connectivity index (χ0n) is 20.5. The van der Waals surface area contributed by atoms with Crippen molar-refractivity contribution in [1.82, 2.24) is 19.5 Å². The number of hydrogen-bond donors (Lipinski definition) is 0. The maximum Gasteiger partial charge on any atom is 0.433 e. The van der Waals surface area contributed by atoms with E-state index in [1.807, 2.05) is 4.90 Å². The second-order valence-corrected chi connectivity index (χ2v) is 9.69. The smallest absolute Gasteiger partial charge is 0.433 e. The highest BCUT2D eigenvalue weighted by molar-refractivity contribution is 5.93. The van der Waals surface area contributed by atoms with Crippen molar-refractivity contribution in [2.75, 3.05) is 20.8 Å². The van der Waals surface area contributed by atoms with E-state index in [-0.39, 0.29) is 29.0 Å². The molecule has 36 heavy (non-hydrogen) atoms. The molecule has 0 unspecified atom stereocenters. The van der Waals surface area contributed by atoms with E-state index in [9.17, 15) is 18.0 Å². The molecule has 3 heterocycles. The van der Waals surface area contributed by atoms with Crippen LogP contribution in [0.25, 0.3) is 16.9 Å². The normalized spacial score (nSPS) is 22.4. The van der Waals surface area contributed by atoms with E-state index >= 15 is 0 Å². The molecule has 1 aromatic carbocycles. The van der Waals surface area contributed by atoms with Crippen molar-refractivity contribution in [3.63, 3.8) is 0 Å². The van der Waals surface area contributed by atoms with E-state index in [1.54, 1.807) is 18.2 Å². The van der Waals surface area contributed by atoms with E-state index in [0.29, 0.717) is 35.4 Å². The lowest BCUT2D eigenvalue weighted by molar-refractivity contribution is -0.142. The summed E-state index contributed by atoms with van der Waals surface area (Å²) in [6.45, 7) is 2.75. The molecular formula is C26H29F3N4O3. The molecule has 3 aromatic rings. The summed E-state index contributed by atoms with van der Waals surface area (Å²) in [4.78, 5) is 19.8. The number of ether oxygens (including phenoxy) is 2. The number of rotatable bonds is 4. The lowest BCUT2D eigenvalue weighted by Crippen LogP contribution is -2.53. The first-order chi connectivity index (χ1) is 17.2. The SMILES string of the molecule is COc1ccc(-c2cc(C(F)(F)F)n3nc(C(=O)N4CCC[C@@H]5CCC[C@@H](C)[C@@H]54)cc3n2)cc1OC.